The predicted octanol–water partition coefficient (Wildman–Crippen LogP) is 1.04. The summed E-state index contributed by atoms with van der Waals surface area (Å²) in [4.78, 5) is 0. The summed E-state index contributed by atoms with van der Waals surface area (Å²) in [5, 5.41) is 3.19. The molecule has 1 N–H and O–H groups in total. The smallest absolute Gasteiger partial charge is 0.150 e. The highest BCUT2D eigenvalue weighted by molar-refractivity contribution is 7.91. The van der Waals surface area contributed by atoms with Gasteiger partial charge in [0.25, 0.3) is 0 Å². The van der Waals surface area contributed by atoms with Crippen molar-refractivity contribution in [3.8, 4) is 0 Å². The van der Waals surface area contributed by atoms with Crippen LogP contribution in [0.5, 0.6) is 0 Å². The van der Waals surface area contributed by atoms with Crippen LogP contribution in [-0.4, -0.2) is 52.1 Å². The fourth-order valence-electron chi connectivity index (χ4n) is 1.21. The summed E-state index contributed by atoms with van der Waals surface area (Å²) >= 11 is 5.93. The van der Waals surface area contributed by atoms with Crippen molar-refractivity contribution in [3.05, 3.63) is 0 Å². The SMILES string of the molecule is CCS(=O)(=O)CCCNCCC(Cl)COC. The number of hydrogen-bond acceptors (Lipinski definition) is 4. The Morgan fingerprint density at radius 1 is 1.38 bits per heavy atom. The number of ether oxygens (including phenoxy) is 1. The molecule has 0 bridgehead atoms. The molecule has 0 spiro atoms. The Hall–Kier alpha value is 0.160. The van der Waals surface area contributed by atoms with Crippen LogP contribution < -0.4 is 5.32 Å². The van der Waals surface area contributed by atoms with Gasteiger partial charge in [-0.05, 0) is 25.9 Å². The molecule has 4 nitrogen and oxygen atoms in total. The van der Waals surface area contributed by atoms with Crippen molar-refractivity contribution < 1.29 is 13.2 Å². The van der Waals surface area contributed by atoms with Gasteiger partial charge < -0.3 is 10.1 Å². The van der Waals surface area contributed by atoms with Crippen molar-refractivity contribution in [2.75, 3.05) is 38.3 Å². The molecule has 0 saturated heterocycles. The van der Waals surface area contributed by atoms with Crippen molar-refractivity contribution >= 4 is 21.4 Å². The molecule has 98 valence electrons. The van der Waals surface area contributed by atoms with Gasteiger partial charge in [0, 0.05) is 12.9 Å². The Labute approximate surface area is 104 Å². The van der Waals surface area contributed by atoms with Crippen molar-refractivity contribution in [1.29, 1.82) is 0 Å². The van der Waals surface area contributed by atoms with Crippen LogP contribution >= 0.6 is 11.6 Å². The minimum atomic E-state index is -2.82. The van der Waals surface area contributed by atoms with E-state index in [1.807, 2.05) is 0 Å². The summed E-state index contributed by atoms with van der Waals surface area (Å²) in [5.74, 6) is 0.490. The van der Waals surface area contributed by atoms with E-state index < -0.39 is 9.84 Å². The molecular formula is C10H22ClNO3S. The summed E-state index contributed by atoms with van der Waals surface area (Å²) in [5.41, 5.74) is 0. The van der Waals surface area contributed by atoms with Crippen molar-refractivity contribution in [3.63, 3.8) is 0 Å². The minimum absolute atomic E-state index is 0.0249. The van der Waals surface area contributed by atoms with Gasteiger partial charge in [0.1, 0.15) is 9.84 Å². The Balaban J connectivity index is 3.34. The maximum absolute atomic E-state index is 11.2. The fourth-order valence-corrected chi connectivity index (χ4v) is 2.32. The molecule has 0 aromatic rings. The molecule has 6 heteroatoms. The zero-order valence-corrected chi connectivity index (χ0v) is 11.6. The lowest BCUT2D eigenvalue weighted by molar-refractivity contribution is 0.195. The molecule has 1 unspecified atom stereocenters. The van der Waals surface area contributed by atoms with Gasteiger partial charge in [0.2, 0.25) is 0 Å². The summed E-state index contributed by atoms with van der Waals surface area (Å²) < 4.78 is 27.2. The van der Waals surface area contributed by atoms with E-state index in [0.717, 1.165) is 19.5 Å². The molecule has 0 aliphatic carbocycles. The lowest BCUT2D eigenvalue weighted by Gasteiger charge is -2.08. The van der Waals surface area contributed by atoms with Gasteiger partial charge in [-0.2, -0.15) is 0 Å². The van der Waals surface area contributed by atoms with Crippen LogP contribution in [0.3, 0.4) is 0 Å². The Morgan fingerprint density at radius 3 is 2.62 bits per heavy atom. The van der Waals surface area contributed by atoms with Gasteiger partial charge in [-0.15, -0.1) is 11.6 Å². The molecular weight excluding hydrogens is 250 g/mol. The molecule has 1 atom stereocenters. The standard InChI is InChI=1S/C10H22ClNO3S/c1-3-16(13,14)8-4-6-12-7-5-10(11)9-15-2/h10,12H,3-9H2,1-2H3. The first-order valence-electron chi connectivity index (χ1n) is 5.56. The van der Waals surface area contributed by atoms with Crippen LogP contribution in [0.4, 0.5) is 0 Å². The third-order valence-electron chi connectivity index (χ3n) is 2.23. The normalized spacial score (nSPS) is 13.9. The second-order valence-corrected chi connectivity index (χ2v) is 6.77. The van der Waals surface area contributed by atoms with E-state index in [9.17, 15) is 8.42 Å². The van der Waals surface area contributed by atoms with E-state index in [1.54, 1.807) is 14.0 Å². The lowest BCUT2D eigenvalue weighted by Crippen LogP contribution is -2.23. The third-order valence-corrected chi connectivity index (χ3v) is 4.37. The van der Waals surface area contributed by atoms with Crippen LogP contribution in [0, 0.1) is 0 Å². The summed E-state index contributed by atoms with van der Waals surface area (Å²) in [7, 11) is -1.19. The predicted molar refractivity (Wildman–Crippen MR) is 67.9 cm³/mol. The van der Waals surface area contributed by atoms with Crippen LogP contribution in [0.25, 0.3) is 0 Å². The number of sulfone groups is 1. The van der Waals surface area contributed by atoms with Crippen LogP contribution in [0.2, 0.25) is 0 Å². The monoisotopic (exact) mass is 271 g/mol. The highest BCUT2D eigenvalue weighted by Crippen LogP contribution is 2.00. The molecule has 0 aliphatic rings. The van der Waals surface area contributed by atoms with Crippen LogP contribution in [-0.2, 0) is 14.6 Å². The average molecular weight is 272 g/mol. The molecule has 0 saturated carbocycles. The summed E-state index contributed by atoms with van der Waals surface area (Å²) in [6.45, 7) is 3.73. The highest BCUT2D eigenvalue weighted by Gasteiger charge is 2.06. The first-order valence-corrected chi connectivity index (χ1v) is 7.81. The van der Waals surface area contributed by atoms with E-state index in [-0.39, 0.29) is 16.9 Å². The Kier molecular flexibility index (Phi) is 9.31. The van der Waals surface area contributed by atoms with Crippen molar-refractivity contribution in [2.45, 2.75) is 25.1 Å². The Morgan fingerprint density at radius 2 is 2.06 bits per heavy atom. The van der Waals surface area contributed by atoms with Gasteiger partial charge in [-0.3, -0.25) is 0 Å². The first kappa shape index (κ1) is 16.2. The number of alkyl halides is 1. The van der Waals surface area contributed by atoms with Gasteiger partial charge in [-0.1, -0.05) is 6.92 Å². The van der Waals surface area contributed by atoms with Gasteiger partial charge in [0.05, 0.1) is 17.7 Å². The van der Waals surface area contributed by atoms with E-state index in [2.05, 4.69) is 5.32 Å². The quantitative estimate of drug-likeness (QED) is 0.477. The van der Waals surface area contributed by atoms with Crippen LogP contribution in [0.15, 0.2) is 0 Å². The van der Waals surface area contributed by atoms with E-state index in [4.69, 9.17) is 16.3 Å². The summed E-state index contributed by atoms with van der Waals surface area (Å²) in [6.07, 6.45) is 1.49. The van der Waals surface area contributed by atoms with Crippen molar-refractivity contribution in [2.24, 2.45) is 0 Å². The zero-order valence-electron chi connectivity index (χ0n) is 10.0. The van der Waals surface area contributed by atoms with Gasteiger partial charge >= 0.3 is 0 Å². The van der Waals surface area contributed by atoms with Gasteiger partial charge in [-0.25, -0.2) is 8.42 Å². The minimum Gasteiger partial charge on any atom is -0.383 e. The Bertz CT molecular complexity index is 257. The maximum Gasteiger partial charge on any atom is 0.150 e. The van der Waals surface area contributed by atoms with E-state index in [1.165, 1.54) is 0 Å². The number of methoxy groups -OCH3 is 1. The fraction of sp³-hybridized carbons (Fsp3) is 1.00. The summed E-state index contributed by atoms with van der Waals surface area (Å²) in [6, 6.07) is 0. The molecule has 0 rings (SSSR count). The second-order valence-electron chi connectivity index (χ2n) is 3.68. The molecule has 0 aromatic heterocycles. The maximum atomic E-state index is 11.2. The largest absolute Gasteiger partial charge is 0.383 e. The van der Waals surface area contributed by atoms with E-state index in [0.29, 0.717) is 13.0 Å². The molecule has 16 heavy (non-hydrogen) atoms. The van der Waals surface area contributed by atoms with Crippen LogP contribution in [0.1, 0.15) is 19.8 Å². The highest BCUT2D eigenvalue weighted by atomic mass is 35.5. The zero-order chi connectivity index (χ0) is 12.4. The molecule has 0 aromatic carbocycles. The first-order chi connectivity index (χ1) is 7.52. The molecule has 0 radical (unpaired) electrons. The topological polar surface area (TPSA) is 55.4 Å². The number of nitrogens with one attached hydrogen (secondary N) is 1. The molecule has 0 aliphatic heterocycles. The molecule has 0 heterocycles. The molecule has 0 amide bonds. The number of hydrogen-bond donors (Lipinski definition) is 1. The molecule has 0 fully saturated rings. The second kappa shape index (κ2) is 9.22. The number of rotatable bonds is 10. The van der Waals surface area contributed by atoms with E-state index >= 15 is 0 Å². The van der Waals surface area contributed by atoms with Crippen molar-refractivity contribution in [1.82, 2.24) is 5.32 Å². The lowest BCUT2D eigenvalue weighted by atomic mass is 10.3. The average Bonchev–Trinajstić information content (AvgIpc) is 2.23. The number of halogens is 1. The third kappa shape index (κ3) is 9.39. The van der Waals surface area contributed by atoms with Gasteiger partial charge in [0.15, 0.2) is 0 Å².